The van der Waals surface area contributed by atoms with Crippen LogP contribution < -0.4 is 0 Å². The van der Waals surface area contributed by atoms with Crippen LogP contribution in [0.3, 0.4) is 0 Å². The van der Waals surface area contributed by atoms with Gasteiger partial charge in [0.15, 0.2) is 5.16 Å². The van der Waals surface area contributed by atoms with E-state index in [0.29, 0.717) is 29.4 Å². The molecule has 2 heterocycles. The number of halogens is 2. The predicted molar refractivity (Wildman–Crippen MR) is 99.5 cm³/mol. The third kappa shape index (κ3) is 4.37. The Balaban J connectivity index is 2.02. The quantitative estimate of drug-likeness (QED) is 0.558. The lowest BCUT2D eigenvalue weighted by Crippen LogP contribution is -2.40. The van der Waals surface area contributed by atoms with Gasteiger partial charge in [-0.3, -0.25) is 0 Å². The maximum atomic E-state index is 14.4. The summed E-state index contributed by atoms with van der Waals surface area (Å²) in [6.07, 6.45) is 1.91. The van der Waals surface area contributed by atoms with Crippen LogP contribution in [-0.4, -0.2) is 39.4 Å². The summed E-state index contributed by atoms with van der Waals surface area (Å²) >= 11 is 1.35. The van der Waals surface area contributed by atoms with Crippen LogP contribution in [0.2, 0.25) is 0 Å². The Hall–Kier alpha value is -2.22. The SMILES string of the molecule is CSc1nc2c(c(-c3ccc(F)cc3F)n1)CN(C(=O)OC(C)(C)C)CC2. The number of carbonyl (C=O) groups excluding carboxylic acids is 1. The minimum atomic E-state index is -0.697. The fraction of sp³-hybridized carbons (Fsp3) is 0.421. The van der Waals surface area contributed by atoms with Crippen LogP contribution in [0.5, 0.6) is 0 Å². The summed E-state index contributed by atoms with van der Waals surface area (Å²) in [5.74, 6) is -1.35. The fourth-order valence-electron chi connectivity index (χ4n) is 2.87. The van der Waals surface area contributed by atoms with Gasteiger partial charge in [-0.1, -0.05) is 11.8 Å². The number of benzene rings is 1. The molecule has 3 rings (SSSR count). The van der Waals surface area contributed by atoms with Crippen molar-refractivity contribution in [1.29, 1.82) is 0 Å². The van der Waals surface area contributed by atoms with Gasteiger partial charge in [0.2, 0.25) is 0 Å². The lowest BCUT2D eigenvalue weighted by atomic mass is 9.99. The summed E-state index contributed by atoms with van der Waals surface area (Å²) in [7, 11) is 0. The highest BCUT2D eigenvalue weighted by molar-refractivity contribution is 7.98. The highest BCUT2D eigenvalue weighted by Crippen LogP contribution is 2.32. The number of aromatic nitrogens is 2. The molecule has 0 saturated carbocycles. The number of nitrogens with zero attached hydrogens (tertiary/aromatic N) is 3. The van der Waals surface area contributed by atoms with Crippen LogP contribution in [0.15, 0.2) is 23.4 Å². The lowest BCUT2D eigenvalue weighted by Gasteiger charge is -2.31. The molecule has 1 aromatic carbocycles. The van der Waals surface area contributed by atoms with E-state index in [4.69, 9.17) is 4.74 Å². The van der Waals surface area contributed by atoms with Gasteiger partial charge in [0.05, 0.1) is 17.9 Å². The second kappa shape index (κ2) is 7.42. The molecule has 0 saturated heterocycles. The fourth-order valence-corrected chi connectivity index (χ4v) is 3.25. The van der Waals surface area contributed by atoms with E-state index in [1.807, 2.05) is 6.26 Å². The highest BCUT2D eigenvalue weighted by atomic mass is 32.2. The summed E-state index contributed by atoms with van der Waals surface area (Å²) in [6.45, 7) is 6.07. The van der Waals surface area contributed by atoms with E-state index < -0.39 is 23.3 Å². The highest BCUT2D eigenvalue weighted by Gasteiger charge is 2.29. The zero-order chi connectivity index (χ0) is 19.8. The maximum Gasteiger partial charge on any atom is 0.410 e. The molecule has 27 heavy (non-hydrogen) atoms. The molecule has 8 heteroatoms. The van der Waals surface area contributed by atoms with Crippen LogP contribution in [0.25, 0.3) is 11.3 Å². The van der Waals surface area contributed by atoms with Gasteiger partial charge in [0, 0.05) is 30.2 Å². The summed E-state index contributed by atoms with van der Waals surface area (Å²) in [6, 6.07) is 3.39. The molecule has 1 aliphatic heterocycles. The molecule has 0 unspecified atom stereocenters. The lowest BCUT2D eigenvalue weighted by molar-refractivity contribution is 0.0222. The average Bonchev–Trinajstić information content (AvgIpc) is 2.59. The number of hydrogen-bond donors (Lipinski definition) is 0. The number of rotatable bonds is 2. The normalized spacial score (nSPS) is 14.1. The number of fused-ring (bicyclic) bond motifs is 1. The van der Waals surface area contributed by atoms with E-state index in [2.05, 4.69) is 9.97 Å². The monoisotopic (exact) mass is 393 g/mol. The Labute approximate surface area is 161 Å². The van der Waals surface area contributed by atoms with Crippen molar-refractivity contribution in [1.82, 2.24) is 14.9 Å². The van der Waals surface area contributed by atoms with Crippen LogP contribution in [0, 0.1) is 11.6 Å². The van der Waals surface area contributed by atoms with E-state index in [-0.39, 0.29) is 12.1 Å². The van der Waals surface area contributed by atoms with Crippen molar-refractivity contribution in [3.05, 3.63) is 41.1 Å². The molecule has 1 amide bonds. The first-order valence-corrected chi connectivity index (χ1v) is 9.77. The first kappa shape index (κ1) is 19.5. The Kier molecular flexibility index (Phi) is 5.37. The van der Waals surface area contributed by atoms with E-state index in [1.54, 1.807) is 25.7 Å². The van der Waals surface area contributed by atoms with Crippen molar-refractivity contribution in [3.8, 4) is 11.3 Å². The van der Waals surface area contributed by atoms with Gasteiger partial charge in [-0.2, -0.15) is 0 Å². The van der Waals surface area contributed by atoms with E-state index in [1.165, 1.54) is 23.9 Å². The second-order valence-electron chi connectivity index (χ2n) is 7.26. The number of amides is 1. The molecule has 5 nitrogen and oxygen atoms in total. The molecular formula is C19H21F2N3O2S. The molecule has 0 bridgehead atoms. The second-order valence-corrected chi connectivity index (χ2v) is 8.03. The third-order valence-electron chi connectivity index (χ3n) is 4.06. The zero-order valence-electron chi connectivity index (χ0n) is 15.7. The van der Waals surface area contributed by atoms with Crippen molar-refractivity contribution in [2.24, 2.45) is 0 Å². The zero-order valence-corrected chi connectivity index (χ0v) is 16.5. The summed E-state index contributed by atoms with van der Waals surface area (Å²) in [5.41, 5.74) is 1.40. The molecule has 0 N–H and O–H groups in total. The van der Waals surface area contributed by atoms with Crippen LogP contribution in [-0.2, 0) is 17.7 Å². The first-order valence-electron chi connectivity index (χ1n) is 8.55. The van der Waals surface area contributed by atoms with Crippen LogP contribution in [0.1, 0.15) is 32.0 Å². The Morgan fingerprint density at radius 3 is 2.63 bits per heavy atom. The molecule has 144 valence electrons. The van der Waals surface area contributed by atoms with Gasteiger partial charge in [-0.25, -0.2) is 23.5 Å². The smallest absolute Gasteiger partial charge is 0.410 e. The maximum absolute atomic E-state index is 14.4. The van der Waals surface area contributed by atoms with Crippen LogP contribution in [0.4, 0.5) is 13.6 Å². The van der Waals surface area contributed by atoms with Crippen molar-refractivity contribution in [2.75, 3.05) is 12.8 Å². The first-order chi connectivity index (χ1) is 12.7. The van der Waals surface area contributed by atoms with Crippen LogP contribution >= 0.6 is 11.8 Å². The molecule has 0 fully saturated rings. The molecule has 1 aliphatic rings. The van der Waals surface area contributed by atoms with Crippen molar-refractivity contribution in [2.45, 2.75) is 44.5 Å². The van der Waals surface area contributed by atoms with E-state index >= 15 is 0 Å². The van der Waals surface area contributed by atoms with Crippen molar-refractivity contribution < 1.29 is 18.3 Å². The number of hydrogen-bond acceptors (Lipinski definition) is 5. The molecule has 2 aromatic rings. The molecule has 0 radical (unpaired) electrons. The minimum absolute atomic E-state index is 0.191. The number of thioether (sulfide) groups is 1. The van der Waals surface area contributed by atoms with E-state index in [9.17, 15) is 13.6 Å². The van der Waals surface area contributed by atoms with Gasteiger partial charge in [-0.15, -0.1) is 0 Å². The van der Waals surface area contributed by atoms with Gasteiger partial charge in [0.25, 0.3) is 0 Å². The Morgan fingerprint density at radius 2 is 2.00 bits per heavy atom. The van der Waals surface area contributed by atoms with Crippen molar-refractivity contribution in [3.63, 3.8) is 0 Å². The molecule has 1 aromatic heterocycles. The third-order valence-corrected chi connectivity index (χ3v) is 4.61. The van der Waals surface area contributed by atoms with E-state index in [0.717, 1.165) is 11.8 Å². The van der Waals surface area contributed by atoms with Gasteiger partial charge in [0.1, 0.15) is 17.2 Å². The average molecular weight is 393 g/mol. The summed E-state index contributed by atoms with van der Waals surface area (Å²) < 4.78 is 33.2. The molecule has 0 atom stereocenters. The minimum Gasteiger partial charge on any atom is -0.444 e. The molecular weight excluding hydrogens is 372 g/mol. The van der Waals surface area contributed by atoms with Gasteiger partial charge in [-0.05, 0) is 39.2 Å². The molecule has 0 aliphatic carbocycles. The Bertz CT molecular complexity index is 884. The van der Waals surface area contributed by atoms with Gasteiger partial charge < -0.3 is 9.64 Å². The number of ether oxygens (including phenoxy) is 1. The number of carbonyl (C=O) groups is 1. The standard InChI is InChI=1S/C19H21F2N3O2S/c1-19(2,3)26-18(25)24-8-7-15-13(10-24)16(23-17(22-15)27-4)12-6-5-11(20)9-14(12)21/h5-6,9H,7-8,10H2,1-4H3. The molecule has 0 spiro atoms. The predicted octanol–water partition coefficient (Wildman–Crippen LogP) is 4.44. The largest absolute Gasteiger partial charge is 0.444 e. The van der Waals surface area contributed by atoms with Crippen molar-refractivity contribution >= 4 is 17.9 Å². The topological polar surface area (TPSA) is 55.3 Å². The summed E-state index contributed by atoms with van der Waals surface area (Å²) in [5, 5.41) is 0.512. The summed E-state index contributed by atoms with van der Waals surface area (Å²) in [4.78, 5) is 23.0. The Morgan fingerprint density at radius 1 is 1.26 bits per heavy atom. The van der Waals surface area contributed by atoms with Gasteiger partial charge >= 0.3 is 6.09 Å².